The van der Waals surface area contributed by atoms with Crippen LogP contribution in [0.4, 0.5) is 0 Å². The van der Waals surface area contributed by atoms with Crippen molar-refractivity contribution in [2.75, 3.05) is 0 Å². The summed E-state index contributed by atoms with van der Waals surface area (Å²) < 4.78 is 6.69. The molecule has 3 aromatic rings. The zero-order valence-electron chi connectivity index (χ0n) is 17.1. The molecule has 0 heterocycles. The van der Waals surface area contributed by atoms with Crippen LogP contribution < -0.4 is 15.6 Å². The Morgan fingerprint density at radius 3 is 1.73 bits per heavy atom. The van der Waals surface area contributed by atoms with Gasteiger partial charge in [-0.15, -0.1) is 5.16 Å². The van der Waals surface area contributed by atoms with Gasteiger partial charge in [-0.3, -0.25) is 0 Å². The second-order valence-electron chi connectivity index (χ2n) is 7.80. The van der Waals surface area contributed by atoms with Crippen molar-refractivity contribution in [3.63, 3.8) is 0 Å². The van der Waals surface area contributed by atoms with Gasteiger partial charge in [0.05, 0.1) is 17.7 Å². The molecule has 0 bridgehead atoms. The average molecular weight is 411 g/mol. The smallest absolute Gasteiger partial charge is 0.380 e. The molecule has 0 amide bonds. The van der Waals surface area contributed by atoms with E-state index >= 15 is 0 Å². The van der Waals surface area contributed by atoms with Crippen molar-refractivity contribution in [3.8, 4) is 6.07 Å². The van der Waals surface area contributed by atoms with Crippen LogP contribution in [-0.4, -0.2) is 14.0 Å². The fourth-order valence-electron chi connectivity index (χ4n) is 4.21. The zero-order valence-corrected chi connectivity index (χ0v) is 18.1. The molecule has 0 saturated heterocycles. The Labute approximate surface area is 179 Å². The van der Waals surface area contributed by atoms with Crippen molar-refractivity contribution in [2.24, 2.45) is 11.1 Å². The first-order chi connectivity index (χ1) is 14.8. The van der Waals surface area contributed by atoms with E-state index in [0.29, 0.717) is 6.42 Å². The van der Waals surface area contributed by atoms with Gasteiger partial charge in [-0.25, -0.2) is 0 Å². The molecule has 0 spiro atoms. The molecule has 3 nitrogen and oxygen atoms in total. The highest BCUT2D eigenvalue weighted by molar-refractivity contribution is 7.07. The lowest BCUT2D eigenvalue weighted by Gasteiger charge is -2.30. The second kappa shape index (κ2) is 9.56. The van der Waals surface area contributed by atoms with E-state index in [0.717, 1.165) is 47.0 Å². The summed E-state index contributed by atoms with van der Waals surface area (Å²) in [6.07, 6.45) is 4.71. The number of benzene rings is 3. The van der Waals surface area contributed by atoms with Crippen LogP contribution in [0.25, 0.3) is 0 Å². The van der Waals surface area contributed by atoms with E-state index < -0.39 is 8.32 Å². The molecule has 1 aliphatic carbocycles. The van der Waals surface area contributed by atoms with Crippen molar-refractivity contribution >= 4 is 29.6 Å². The lowest BCUT2D eigenvalue weighted by Crippen LogP contribution is -2.68. The van der Waals surface area contributed by atoms with Crippen LogP contribution in [0.3, 0.4) is 0 Å². The molecule has 0 N–H and O–H groups in total. The summed E-state index contributed by atoms with van der Waals surface area (Å²) in [5.41, 5.74) is 1.01. The SMILES string of the molecule is N#CC1CCCCC(=NO[Si](c2ccccc2)(c2ccccc2)c2ccccc2)C1. The Balaban J connectivity index is 1.85. The minimum Gasteiger partial charge on any atom is -0.438 e. The summed E-state index contributed by atoms with van der Waals surface area (Å²) in [7, 11) is -2.83. The van der Waals surface area contributed by atoms with Crippen molar-refractivity contribution in [3.05, 3.63) is 91.0 Å². The summed E-state index contributed by atoms with van der Waals surface area (Å²) in [6, 6.07) is 33.8. The molecule has 4 heteroatoms. The zero-order chi connectivity index (χ0) is 20.7. The van der Waals surface area contributed by atoms with Gasteiger partial charge >= 0.3 is 8.32 Å². The topological polar surface area (TPSA) is 45.4 Å². The first kappa shape index (κ1) is 20.1. The van der Waals surface area contributed by atoms with E-state index in [1.54, 1.807) is 0 Å². The van der Waals surface area contributed by atoms with E-state index in [4.69, 9.17) is 9.68 Å². The van der Waals surface area contributed by atoms with Crippen LogP contribution in [0, 0.1) is 17.2 Å². The Kier molecular flexibility index (Phi) is 6.41. The van der Waals surface area contributed by atoms with E-state index in [1.165, 1.54) is 0 Å². The molecule has 1 aliphatic rings. The average Bonchev–Trinajstić information content (AvgIpc) is 3.07. The van der Waals surface area contributed by atoms with Gasteiger partial charge in [0, 0.05) is 6.42 Å². The lowest BCUT2D eigenvalue weighted by molar-refractivity contribution is 0.345. The predicted molar refractivity (Wildman–Crippen MR) is 125 cm³/mol. The maximum atomic E-state index is 9.46. The van der Waals surface area contributed by atoms with Gasteiger partial charge in [-0.1, -0.05) is 97.4 Å². The highest BCUT2D eigenvalue weighted by atomic mass is 28.4. The number of oxime groups is 1. The van der Waals surface area contributed by atoms with Crippen LogP contribution in [0.2, 0.25) is 0 Å². The quantitative estimate of drug-likeness (QED) is 0.275. The molecule has 0 aromatic heterocycles. The maximum Gasteiger partial charge on any atom is 0.380 e. The monoisotopic (exact) mass is 410 g/mol. The Morgan fingerprint density at radius 1 is 0.767 bits per heavy atom. The molecule has 1 fully saturated rings. The van der Waals surface area contributed by atoms with Gasteiger partial charge in [-0.05, 0) is 34.8 Å². The van der Waals surface area contributed by atoms with Crippen LogP contribution in [0.15, 0.2) is 96.2 Å². The van der Waals surface area contributed by atoms with Gasteiger partial charge in [0.15, 0.2) is 0 Å². The summed E-state index contributed by atoms with van der Waals surface area (Å²) in [6.45, 7) is 0. The third-order valence-electron chi connectivity index (χ3n) is 5.79. The summed E-state index contributed by atoms with van der Waals surface area (Å²) in [5, 5.41) is 17.7. The number of hydrogen-bond acceptors (Lipinski definition) is 3. The van der Waals surface area contributed by atoms with E-state index in [1.807, 2.05) is 18.2 Å². The summed E-state index contributed by atoms with van der Waals surface area (Å²) >= 11 is 0. The first-order valence-electron chi connectivity index (χ1n) is 10.6. The van der Waals surface area contributed by atoms with Gasteiger partial charge in [0.2, 0.25) is 0 Å². The minimum atomic E-state index is -2.83. The van der Waals surface area contributed by atoms with Gasteiger partial charge in [0.1, 0.15) is 0 Å². The molecule has 150 valence electrons. The van der Waals surface area contributed by atoms with Crippen molar-refractivity contribution < 1.29 is 4.53 Å². The molecular weight excluding hydrogens is 384 g/mol. The number of rotatable bonds is 5. The lowest BCUT2D eigenvalue weighted by atomic mass is 10.0. The van der Waals surface area contributed by atoms with E-state index in [-0.39, 0.29) is 5.92 Å². The fourth-order valence-corrected chi connectivity index (χ4v) is 7.78. The van der Waals surface area contributed by atoms with Crippen molar-refractivity contribution in [1.82, 2.24) is 0 Å². The fraction of sp³-hybridized carbons (Fsp3) is 0.231. The Morgan fingerprint density at radius 2 is 1.27 bits per heavy atom. The number of nitrogens with zero attached hydrogens (tertiary/aromatic N) is 2. The molecule has 4 rings (SSSR count). The van der Waals surface area contributed by atoms with Gasteiger partial charge in [0.25, 0.3) is 0 Å². The normalized spacial score (nSPS) is 18.4. The first-order valence-corrected chi connectivity index (χ1v) is 12.5. The van der Waals surface area contributed by atoms with Crippen LogP contribution in [0.1, 0.15) is 32.1 Å². The van der Waals surface area contributed by atoms with Crippen LogP contribution >= 0.6 is 0 Å². The summed E-state index contributed by atoms with van der Waals surface area (Å²) in [4.78, 5) is 0. The molecular formula is C26H26N2OSi. The van der Waals surface area contributed by atoms with E-state index in [9.17, 15) is 5.26 Å². The molecule has 1 saturated carbocycles. The molecule has 0 aliphatic heterocycles. The third-order valence-corrected chi connectivity index (χ3v) is 9.59. The maximum absolute atomic E-state index is 9.46. The van der Waals surface area contributed by atoms with Crippen LogP contribution in [-0.2, 0) is 4.53 Å². The Bertz CT molecular complexity index is 917. The number of nitriles is 1. The van der Waals surface area contributed by atoms with Crippen molar-refractivity contribution in [1.29, 1.82) is 5.26 Å². The molecule has 3 aromatic carbocycles. The largest absolute Gasteiger partial charge is 0.438 e. The van der Waals surface area contributed by atoms with Crippen LogP contribution in [0.5, 0.6) is 0 Å². The second-order valence-corrected chi connectivity index (χ2v) is 11.1. The molecule has 1 atom stereocenters. The molecule has 1 unspecified atom stereocenters. The summed E-state index contributed by atoms with van der Waals surface area (Å²) in [5.74, 6) is 0.0380. The minimum absolute atomic E-state index is 0.0380. The number of hydrogen-bond donors (Lipinski definition) is 0. The van der Waals surface area contributed by atoms with Gasteiger partial charge < -0.3 is 4.53 Å². The third kappa shape index (κ3) is 4.22. The van der Waals surface area contributed by atoms with Crippen molar-refractivity contribution in [2.45, 2.75) is 32.1 Å². The highest BCUT2D eigenvalue weighted by Gasteiger charge is 2.45. The standard InChI is InChI=1S/C26H26N2OSi/c27-21-22-12-10-11-13-23(20-22)28-29-30(24-14-4-1-5-15-24,25-16-6-2-7-17-25)26-18-8-3-9-19-26/h1-9,14-19,22H,10-13,20H2. The highest BCUT2D eigenvalue weighted by Crippen LogP contribution is 2.21. The predicted octanol–water partition coefficient (Wildman–Crippen LogP) is 4.13. The van der Waals surface area contributed by atoms with E-state index in [2.05, 4.69) is 78.9 Å². The Hall–Kier alpha value is -3.16. The molecule has 0 radical (unpaired) electrons. The molecule has 30 heavy (non-hydrogen) atoms. The van der Waals surface area contributed by atoms with Gasteiger partial charge in [-0.2, -0.15) is 5.26 Å².